The predicted octanol–water partition coefficient (Wildman–Crippen LogP) is 1.89. The second-order valence-electron chi connectivity index (χ2n) is 3.86. The van der Waals surface area contributed by atoms with Crippen LogP contribution in [0.5, 0.6) is 0 Å². The third-order valence-corrected chi connectivity index (χ3v) is 2.87. The quantitative estimate of drug-likeness (QED) is 0.649. The molecule has 0 atom stereocenters. The van der Waals surface area contributed by atoms with E-state index < -0.39 is 0 Å². The van der Waals surface area contributed by atoms with Crippen molar-refractivity contribution in [2.24, 2.45) is 0 Å². The van der Waals surface area contributed by atoms with Gasteiger partial charge in [0.15, 0.2) is 0 Å². The van der Waals surface area contributed by atoms with E-state index in [-0.39, 0.29) is 0 Å². The first-order valence-electron chi connectivity index (χ1n) is 4.95. The summed E-state index contributed by atoms with van der Waals surface area (Å²) in [6.07, 6.45) is 6.42. The first kappa shape index (κ1) is 8.70. The molecule has 2 heteroatoms. The molecule has 2 rings (SSSR count). The Morgan fingerprint density at radius 1 is 1.38 bits per heavy atom. The van der Waals surface area contributed by atoms with Crippen LogP contribution in [0.25, 0.3) is 0 Å². The number of likely N-dealkylation sites (tertiary alicyclic amines) is 1. The molecule has 1 aliphatic rings. The zero-order chi connectivity index (χ0) is 9.10. The highest BCUT2D eigenvalue weighted by molar-refractivity contribution is 5.15. The van der Waals surface area contributed by atoms with Crippen molar-refractivity contribution < 1.29 is 0 Å². The molecule has 0 aromatic carbocycles. The maximum atomic E-state index is 4.17. The van der Waals surface area contributed by atoms with Crippen molar-refractivity contribution in [3.05, 3.63) is 30.1 Å². The highest BCUT2D eigenvalue weighted by Crippen LogP contribution is 2.26. The molecule has 1 aliphatic heterocycles. The highest BCUT2D eigenvalue weighted by atomic mass is 15.1. The van der Waals surface area contributed by atoms with Crippen molar-refractivity contribution in [1.29, 1.82) is 0 Å². The zero-order valence-corrected chi connectivity index (χ0v) is 8.11. The van der Waals surface area contributed by atoms with Crippen LogP contribution in [0.3, 0.4) is 0 Å². The van der Waals surface area contributed by atoms with Gasteiger partial charge in [0.25, 0.3) is 0 Å². The first-order valence-corrected chi connectivity index (χ1v) is 4.95. The maximum Gasteiger partial charge on any atom is 0.0302 e. The van der Waals surface area contributed by atoms with Gasteiger partial charge < -0.3 is 4.90 Å². The Bertz CT molecular complexity index is 250. The molecule has 0 bridgehead atoms. The van der Waals surface area contributed by atoms with Crippen LogP contribution in [0.2, 0.25) is 0 Å². The Balaban J connectivity index is 2.03. The number of aromatic nitrogens is 1. The van der Waals surface area contributed by atoms with E-state index in [1.54, 1.807) is 0 Å². The minimum Gasteiger partial charge on any atom is -0.306 e. The number of pyridine rings is 1. The van der Waals surface area contributed by atoms with Crippen molar-refractivity contribution in [1.82, 2.24) is 9.88 Å². The van der Waals surface area contributed by atoms with Gasteiger partial charge in [-0.1, -0.05) is 6.07 Å². The third kappa shape index (κ3) is 2.07. The Hall–Kier alpha value is -0.890. The van der Waals surface area contributed by atoms with Crippen LogP contribution < -0.4 is 0 Å². The number of hydrogen-bond acceptors (Lipinski definition) is 2. The van der Waals surface area contributed by atoms with Crippen LogP contribution in [-0.2, 0) is 0 Å². The lowest BCUT2D eigenvalue weighted by atomic mass is 9.91. The molecular weight excluding hydrogens is 160 g/mol. The van der Waals surface area contributed by atoms with E-state index in [0.717, 1.165) is 5.92 Å². The summed E-state index contributed by atoms with van der Waals surface area (Å²) >= 11 is 0. The SMILES string of the molecule is CN1CCC(c2cccnc2)CC1. The van der Waals surface area contributed by atoms with Crippen molar-refractivity contribution in [2.45, 2.75) is 18.8 Å². The third-order valence-electron chi connectivity index (χ3n) is 2.87. The summed E-state index contributed by atoms with van der Waals surface area (Å²) in [6.45, 7) is 2.44. The zero-order valence-electron chi connectivity index (χ0n) is 8.11. The van der Waals surface area contributed by atoms with Gasteiger partial charge >= 0.3 is 0 Å². The summed E-state index contributed by atoms with van der Waals surface area (Å²) in [7, 11) is 2.19. The lowest BCUT2D eigenvalue weighted by Gasteiger charge is -2.28. The minimum atomic E-state index is 0.741. The average molecular weight is 176 g/mol. The van der Waals surface area contributed by atoms with E-state index in [4.69, 9.17) is 0 Å². The van der Waals surface area contributed by atoms with E-state index in [1.165, 1.54) is 31.5 Å². The molecule has 0 N–H and O–H groups in total. The van der Waals surface area contributed by atoms with Crippen molar-refractivity contribution in [2.75, 3.05) is 20.1 Å². The van der Waals surface area contributed by atoms with Crippen molar-refractivity contribution >= 4 is 0 Å². The lowest BCUT2D eigenvalue weighted by Crippen LogP contribution is -2.29. The van der Waals surface area contributed by atoms with Gasteiger partial charge in [0, 0.05) is 12.4 Å². The van der Waals surface area contributed by atoms with E-state index in [9.17, 15) is 0 Å². The first-order chi connectivity index (χ1) is 6.36. The Morgan fingerprint density at radius 2 is 2.15 bits per heavy atom. The normalized spacial score (nSPS) is 20.4. The summed E-state index contributed by atoms with van der Waals surface area (Å²) in [5.74, 6) is 0.741. The van der Waals surface area contributed by atoms with Crippen molar-refractivity contribution in [3.63, 3.8) is 0 Å². The summed E-state index contributed by atoms with van der Waals surface area (Å²) < 4.78 is 0. The fourth-order valence-electron chi connectivity index (χ4n) is 1.96. The molecule has 0 radical (unpaired) electrons. The molecule has 1 fully saturated rings. The minimum absolute atomic E-state index is 0.741. The monoisotopic (exact) mass is 176 g/mol. The van der Waals surface area contributed by atoms with Crippen LogP contribution in [0, 0.1) is 0 Å². The number of piperidine rings is 1. The van der Waals surface area contributed by atoms with Gasteiger partial charge in [-0.15, -0.1) is 0 Å². The molecule has 2 heterocycles. The fourth-order valence-corrected chi connectivity index (χ4v) is 1.96. The molecule has 13 heavy (non-hydrogen) atoms. The van der Waals surface area contributed by atoms with Crippen LogP contribution in [0.4, 0.5) is 0 Å². The van der Waals surface area contributed by atoms with Crippen LogP contribution in [-0.4, -0.2) is 30.0 Å². The number of rotatable bonds is 1. The molecule has 1 aromatic rings. The summed E-state index contributed by atoms with van der Waals surface area (Å²) in [6, 6.07) is 4.23. The van der Waals surface area contributed by atoms with Gasteiger partial charge in [-0.05, 0) is 50.5 Å². The largest absolute Gasteiger partial charge is 0.306 e. The van der Waals surface area contributed by atoms with Gasteiger partial charge in [-0.25, -0.2) is 0 Å². The number of nitrogens with zero attached hydrogens (tertiary/aromatic N) is 2. The van der Waals surface area contributed by atoms with E-state index in [0.29, 0.717) is 0 Å². The standard InChI is InChI=1S/C11H16N2/c1-13-7-4-10(5-8-13)11-3-2-6-12-9-11/h2-3,6,9-10H,4-5,7-8H2,1H3. The Morgan fingerprint density at radius 3 is 2.77 bits per heavy atom. The van der Waals surface area contributed by atoms with E-state index in [2.05, 4.69) is 23.0 Å². The Labute approximate surface area is 79.6 Å². The predicted molar refractivity (Wildman–Crippen MR) is 53.7 cm³/mol. The van der Waals surface area contributed by atoms with Gasteiger partial charge in [0.2, 0.25) is 0 Å². The second-order valence-corrected chi connectivity index (χ2v) is 3.86. The molecule has 0 spiro atoms. The maximum absolute atomic E-state index is 4.17. The number of hydrogen-bond donors (Lipinski definition) is 0. The van der Waals surface area contributed by atoms with Gasteiger partial charge in [0.1, 0.15) is 0 Å². The summed E-state index contributed by atoms with van der Waals surface area (Å²) in [4.78, 5) is 6.56. The molecule has 1 saturated heterocycles. The Kier molecular flexibility index (Phi) is 2.60. The summed E-state index contributed by atoms with van der Waals surface area (Å²) in [5.41, 5.74) is 1.41. The van der Waals surface area contributed by atoms with E-state index in [1.807, 2.05) is 18.5 Å². The average Bonchev–Trinajstić information content (AvgIpc) is 2.20. The molecular formula is C11H16N2. The second kappa shape index (κ2) is 3.88. The smallest absolute Gasteiger partial charge is 0.0302 e. The van der Waals surface area contributed by atoms with Crippen LogP contribution in [0.1, 0.15) is 24.3 Å². The van der Waals surface area contributed by atoms with Gasteiger partial charge in [-0.3, -0.25) is 4.98 Å². The van der Waals surface area contributed by atoms with Gasteiger partial charge in [-0.2, -0.15) is 0 Å². The lowest BCUT2D eigenvalue weighted by molar-refractivity contribution is 0.255. The van der Waals surface area contributed by atoms with Gasteiger partial charge in [0.05, 0.1) is 0 Å². The molecule has 1 aromatic heterocycles. The molecule has 0 amide bonds. The van der Waals surface area contributed by atoms with Crippen molar-refractivity contribution in [3.8, 4) is 0 Å². The molecule has 2 nitrogen and oxygen atoms in total. The highest BCUT2D eigenvalue weighted by Gasteiger charge is 2.17. The molecule has 0 unspecified atom stereocenters. The van der Waals surface area contributed by atoms with Crippen LogP contribution in [0.15, 0.2) is 24.5 Å². The molecule has 0 saturated carbocycles. The van der Waals surface area contributed by atoms with E-state index >= 15 is 0 Å². The molecule has 0 aliphatic carbocycles. The van der Waals surface area contributed by atoms with Crippen LogP contribution >= 0.6 is 0 Å². The fraction of sp³-hybridized carbons (Fsp3) is 0.545. The topological polar surface area (TPSA) is 16.1 Å². The summed E-state index contributed by atoms with van der Waals surface area (Å²) in [5, 5.41) is 0. The molecule has 70 valence electrons.